The Morgan fingerprint density at radius 3 is 3.29 bits per heavy atom. The highest BCUT2D eigenvalue weighted by atomic mass is 16.5. The van der Waals surface area contributed by atoms with Crippen LogP contribution in [0.3, 0.4) is 0 Å². The summed E-state index contributed by atoms with van der Waals surface area (Å²) in [4.78, 5) is 11.7. The van der Waals surface area contributed by atoms with Crippen molar-refractivity contribution in [2.75, 3.05) is 18.4 Å². The second-order valence-corrected chi connectivity index (χ2v) is 4.02. The molecule has 0 aromatic heterocycles. The minimum Gasteiger partial charge on any atom is -0.477 e. The number of rotatable bonds is 3. The van der Waals surface area contributed by atoms with E-state index in [1.165, 1.54) is 0 Å². The Hall–Kier alpha value is -1.97. The van der Waals surface area contributed by atoms with Crippen LogP contribution < -0.4 is 15.4 Å². The molecule has 1 aromatic carbocycles. The third-order valence-electron chi connectivity index (χ3n) is 2.60. The second kappa shape index (κ2) is 4.91. The summed E-state index contributed by atoms with van der Waals surface area (Å²) in [6.07, 6.45) is 1.16. The van der Waals surface area contributed by atoms with Crippen molar-refractivity contribution in [1.82, 2.24) is 5.32 Å². The van der Waals surface area contributed by atoms with Crippen LogP contribution in [0.15, 0.2) is 30.9 Å². The fraction of sp³-hybridized carbons (Fsp3) is 0.308. The van der Waals surface area contributed by atoms with E-state index >= 15 is 0 Å². The molecule has 0 saturated carbocycles. The molecule has 1 atom stereocenters. The van der Waals surface area contributed by atoms with Crippen LogP contribution in [-0.2, 0) is 4.79 Å². The maximum atomic E-state index is 11.7. The summed E-state index contributed by atoms with van der Waals surface area (Å²) in [6.45, 7) is 6.49. The second-order valence-electron chi connectivity index (χ2n) is 4.02. The van der Waals surface area contributed by atoms with Gasteiger partial charge in [-0.25, -0.2) is 0 Å². The molecule has 2 N–H and O–H groups in total. The van der Waals surface area contributed by atoms with Crippen LogP contribution in [0.2, 0.25) is 0 Å². The molecule has 4 nitrogen and oxygen atoms in total. The highest BCUT2D eigenvalue weighted by Crippen LogP contribution is 2.29. The summed E-state index contributed by atoms with van der Waals surface area (Å²) >= 11 is 0. The van der Waals surface area contributed by atoms with E-state index in [9.17, 15) is 4.79 Å². The van der Waals surface area contributed by atoms with E-state index in [0.717, 1.165) is 17.0 Å². The number of carbonyl (C=O) groups excluding carboxylic acids is 1. The van der Waals surface area contributed by atoms with Crippen molar-refractivity contribution in [1.29, 1.82) is 0 Å². The lowest BCUT2D eigenvalue weighted by molar-refractivity contribution is -0.127. The minimum atomic E-state index is -0.482. The Kier molecular flexibility index (Phi) is 3.32. The van der Waals surface area contributed by atoms with Gasteiger partial charge in [0.05, 0.1) is 12.2 Å². The van der Waals surface area contributed by atoms with Gasteiger partial charge in [0, 0.05) is 6.54 Å². The average Bonchev–Trinajstić information content (AvgIpc) is 2.35. The molecule has 0 fully saturated rings. The molecular formula is C13H16N2O2. The van der Waals surface area contributed by atoms with Gasteiger partial charge < -0.3 is 15.4 Å². The number of benzene rings is 1. The van der Waals surface area contributed by atoms with Gasteiger partial charge in [-0.15, -0.1) is 6.58 Å². The van der Waals surface area contributed by atoms with E-state index in [2.05, 4.69) is 17.2 Å². The number of nitrogens with one attached hydrogen (secondary N) is 2. The number of fused-ring (bicyclic) bond motifs is 1. The van der Waals surface area contributed by atoms with Crippen LogP contribution in [0.5, 0.6) is 5.75 Å². The maximum absolute atomic E-state index is 11.7. The molecule has 0 aliphatic carbocycles. The normalized spacial score (nSPS) is 17.4. The number of anilines is 1. The number of ether oxygens (including phenoxy) is 1. The van der Waals surface area contributed by atoms with Gasteiger partial charge in [0.15, 0.2) is 6.10 Å². The molecule has 1 aliphatic heterocycles. The Morgan fingerprint density at radius 2 is 2.53 bits per heavy atom. The number of amides is 1. The van der Waals surface area contributed by atoms with Crippen LogP contribution >= 0.6 is 0 Å². The maximum Gasteiger partial charge on any atom is 0.263 e. The Balaban J connectivity index is 2.07. The summed E-state index contributed by atoms with van der Waals surface area (Å²) < 4.78 is 5.66. The van der Waals surface area contributed by atoms with Crippen LogP contribution in [0.25, 0.3) is 0 Å². The summed E-state index contributed by atoms with van der Waals surface area (Å²) in [7, 11) is 0. The first-order valence-corrected chi connectivity index (χ1v) is 5.60. The fourth-order valence-corrected chi connectivity index (χ4v) is 1.70. The molecule has 2 rings (SSSR count). The lowest BCUT2D eigenvalue weighted by Gasteiger charge is -2.26. The molecule has 17 heavy (non-hydrogen) atoms. The molecule has 0 bridgehead atoms. The molecule has 0 saturated heterocycles. The van der Waals surface area contributed by atoms with Gasteiger partial charge in [0.25, 0.3) is 5.91 Å². The standard InChI is InChI=1S/C13H16N2O2/c1-3-6-14-13(16)12-8-15-10-5-4-9(2)7-11(10)17-12/h3-5,7,12,15H,1,6,8H2,2H3,(H,14,16). The Bertz CT molecular complexity index is 443. The molecule has 0 spiro atoms. The van der Waals surface area contributed by atoms with Crippen LogP contribution in [0.4, 0.5) is 5.69 Å². The first-order chi connectivity index (χ1) is 8.20. The third-order valence-corrected chi connectivity index (χ3v) is 2.60. The van der Waals surface area contributed by atoms with Crippen molar-refractivity contribution < 1.29 is 9.53 Å². The fourth-order valence-electron chi connectivity index (χ4n) is 1.70. The zero-order valence-electron chi connectivity index (χ0n) is 9.82. The highest BCUT2D eigenvalue weighted by Gasteiger charge is 2.25. The van der Waals surface area contributed by atoms with E-state index < -0.39 is 6.10 Å². The SMILES string of the molecule is C=CCNC(=O)C1CNc2ccc(C)cc2O1. The van der Waals surface area contributed by atoms with Gasteiger partial charge >= 0.3 is 0 Å². The summed E-state index contributed by atoms with van der Waals surface area (Å²) in [5.74, 6) is 0.611. The monoisotopic (exact) mass is 232 g/mol. The van der Waals surface area contributed by atoms with Gasteiger partial charge in [0.1, 0.15) is 5.75 Å². The van der Waals surface area contributed by atoms with Gasteiger partial charge in [-0.3, -0.25) is 4.79 Å². The highest BCUT2D eigenvalue weighted by molar-refractivity contribution is 5.83. The molecule has 1 unspecified atom stereocenters. The average molecular weight is 232 g/mol. The summed E-state index contributed by atoms with van der Waals surface area (Å²) in [5.41, 5.74) is 2.04. The number of hydrogen-bond donors (Lipinski definition) is 2. The zero-order chi connectivity index (χ0) is 12.3. The number of hydrogen-bond acceptors (Lipinski definition) is 3. The zero-order valence-corrected chi connectivity index (χ0v) is 9.82. The van der Waals surface area contributed by atoms with Crippen LogP contribution in [0, 0.1) is 6.92 Å². The van der Waals surface area contributed by atoms with Crippen molar-refractivity contribution in [3.63, 3.8) is 0 Å². The van der Waals surface area contributed by atoms with Gasteiger partial charge in [-0.2, -0.15) is 0 Å². The third kappa shape index (κ3) is 2.58. The first kappa shape index (κ1) is 11.5. The van der Waals surface area contributed by atoms with Crippen LogP contribution in [-0.4, -0.2) is 25.1 Å². The Morgan fingerprint density at radius 1 is 1.71 bits per heavy atom. The molecule has 4 heteroatoms. The lowest BCUT2D eigenvalue weighted by atomic mass is 10.1. The molecule has 1 amide bonds. The smallest absolute Gasteiger partial charge is 0.263 e. The van der Waals surface area contributed by atoms with Crippen molar-refractivity contribution in [3.8, 4) is 5.75 Å². The van der Waals surface area contributed by atoms with Crippen LogP contribution in [0.1, 0.15) is 5.56 Å². The first-order valence-electron chi connectivity index (χ1n) is 5.60. The van der Waals surface area contributed by atoms with E-state index in [-0.39, 0.29) is 5.91 Å². The number of aryl methyl sites for hydroxylation is 1. The summed E-state index contributed by atoms with van der Waals surface area (Å²) in [5, 5.41) is 5.91. The molecular weight excluding hydrogens is 216 g/mol. The topological polar surface area (TPSA) is 50.4 Å². The quantitative estimate of drug-likeness (QED) is 0.776. The predicted octanol–water partition coefficient (Wildman–Crippen LogP) is 1.47. The van der Waals surface area contributed by atoms with Gasteiger partial charge in [-0.1, -0.05) is 12.1 Å². The molecule has 1 aliphatic rings. The van der Waals surface area contributed by atoms with Gasteiger partial charge in [-0.05, 0) is 24.6 Å². The van der Waals surface area contributed by atoms with E-state index in [1.54, 1.807) is 6.08 Å². The van der Waals surface area contributed by atoms with Crippen molar-refractivity contribution in [2.24, 2.45) is 0 Å². The minimum absolute atomic E-state index is 0.121. The van der Waals surface area contributed by atoms with E-state index in [4.69, 9.17) is 4.74 Å². The molecule has 1 heterocycles. The molecule has 90 valence electrons. The summed E-state index contributed by atoms with van der Waals surface area (Å²) in [6, 6.07) is 5.89. The van der Waals surface area contributed by atoms with Crippen molar-refractivity contribution >= 4 is 11.6 Å². The van der Waals surface area contributed by atoms with Gasteiger partial charge in [0.2, 0.25) is 0 Å². The van der Waals surface area contributed by atoms with E-state index in [0.29, 0.717) is 13.1 Å². The lowest BCUT2D eigenvalue weighted by Crippen LogP contribution is -2.44. The predicted molar refractivity (Wildman–Crippen MR) is 67.3 cm³/mol. The van der Waals surface area contributed by atoms with Crippen molar-refractivity contribution in [2.45, 2.75) is 13.0 Å². The van der Waals surface area contributed by atoms with Crippen molar-refractivity contribution in [3.05, 3.63) is 36.4 Å². The molecule has 1 aromatic rings. The van der Waals surface area contributed by atoms with E-state index in [1.807, 2.05) is 25.1 Å². The Labute approximate surface area is 101 Å². The largest absolute Gasteiger partial charge is 0.477 e. The number of carbonyl (C=O) groups is 1. The molecule has 0 radical (unpaired) electrons.